The van der Waals surface area contributed by atoms with Gasteiger partial charge in [-0.25, -0.2) is 0 Å². The van der Waals surface area contributed by atoms with Crippen LogP contribution in [0.15, 0.2) is 24.3 Å². The molecule has 124 valence electrons. The van der Waals surface area contributed by atoms with Crippen molar-refractivity contribution in [3.05, 3.63) is 24.3 Å². The Hall–Kier alpha value is -1.33. The lowest BCUT2D eigenvalue weighted by Gasteiger charge is -2.37. The monoisotopic (exact) mass is 303 g/mol. The zero-order valence-electron chi connectivity index (χ0n) is 15.6. The number of carbonyl (C=O) groups excluding carboxylic acids is 1. The average molecular weight is 303 g/mol. The average Bonchev–Trinajstić information content (AvgIpc) is 2.42. The SMILES string of the molecule is C=C(C)C#C/C=C\[C@@H](C)[C@@H](C)[C@@H](C(=O)C(C)C)N(C)C(C)C. The molecule has 0 aromatic heterocycles. The summed E-state index contributed by atoms with van der Waals surface area (Å²) in [6, 6.07) is 0.281. The molecule has 0 saturated carbocycles. The lowest BCUT2D eigenvalue weighted by Crippen LogP contribution is -2.49. The Kier molecular flexibility index (Phi) is 9.06. The van der Waals surface area contributed by atoms with Gasteiger partial charge >= 0.3 is 0 Å². The summed E-state index contributed by atoms with van der Waals surface area (Å²) >= 11 is 0. The zero-order chi connectivity index (χ0) is 17.4. The number of ketones is 1. The summed E-state index contributed by atoms with van der Waals surface area (Å²) in [6.07, 6.45) is 3.97. The van der Waals surface area contributed by atoms with Crippen molar-refractivity contribution < 1.29 is 4.79 Å². The molecule has 2 nitrogen and oxygen atoms in total. The summed E-state index contributed by atoms with van der Waals surface area (Å²) in [5, 5.41) is 0. The summed E-state index contributed by atoms with van der Waals surface area (Å²) in [7, 11) is 2.05. The summed E-state index contributed by atoms with van der Waals surface area (Å²) < 4.78 is 0. The van der Waals surface area contributed by atoms with Crippen LogP contribution in [-0.4, -0.2) is 29.8 Å². The van der Waals surface area contributed by atoms with Crippen LogP contribution in [0.1, 0.15) is 48.5 Å². The van der Waals surface area contributed by atoms with E-state index in [1.165, 1.54) is 0 Å². The molecule has 0 saturated heterocycles. The summed E-state index contributed by atoms with van der Waals surface area (Å²) in [4.78, 5) is 14.8. The Morgan fingerprint density at radius 1 is 1.14 bits per heavy atom. The number of rotatable bonds is 7. The van der Waals surface area contributed by atoms with Gasteiger partial charge in [-0.2, -0.15) is 0 Å². The molecule has 22 heavy (non-hydrogen) atoms. The quantitative estimate of drug-likeness (QED) is 0.653. The molecule has 0 fully saturated rings. The van der Waals surface area contributed by atoms with E-state index in [0.29, 0.717) is 11.8 Å². The van der Waals surface area contributed by atoms with Gasteiger partial charge in [0.1, 0.15) is 0 Å². The van der Waals surface area contributed by atoms with Crippen molar-refractivity contribution in [2.24, 2.45) is 17.8 Å². The fourth-order valence-corrected chi connectivity index (χ4v) is 2.32. The van der Waals surface area contributed by atoms with Gasteiger partial charge < -0.3 is 0 Å². The molecule has 0 radical (unpaired) electrons. The van der Waals surface area contributed by atoms with Crippen molar-refractivity contribution >= 4 is 5.78 Å². The van der Waals surface area contributed by atoms with Gasteiger partial charge in [0, 0.05) is 12.0 Å². The molecule has 0 aromatic rings. The van der Waals surface area contributed by atoms with Crippen LogP contribution >= 0.6 is 0 Å². The van der Waals surface area contributed by atoms with E-state index in [-0.39, 0.29) is 23.8 Å². The fraction of sp³-hybridized carbons (Fsp3) is 0.650. The lowest BCUT2D eigenvalue weighted by atomic mass is 9.82. The van der Waals surface area contributed by atoms with Crippen LogP contribution in [0, 0.1) is 29.6 Å². The van der Waals surface area contributed by atoms with Crippen molar-refractivity contribution in [2.45, 2.75) is 60.5 Å². The Morgan fingerprint density at radius 3 is 2.09 bits per heavy atom. The molecule has 0 aromatic carbocycles. The minimum Gasteiger partial charge on any atom is -0.298 e. The van der Waals surface area contributed by atoms with E-state index in [1.54, 1.807) is 0 Å². The Morgan fingerprint density at radius 2 is 1.68 bits per heavy atom. The Balaban J connectivity index is 5.19. The minimum absolute atomic E-state index is 0.0491. The van der Waals surface area contributed by atoms with E-state index in [4.69, 9.17) is 0 Å². The number of hydrogen-bond donors (Lipinski definition) is 0. The molecule has 0 N–H and O–H groups in total. The summed E-state index contributed by atoms with van der Waals surface area (Å²) in [6.45, 7) is 18.2. The topological polar surface area (TPSA) is 20.3 Å². The number of Topliss-reactive ketones (excluding diaryl/α,β-unsaturated/α-hetero) is 1. The van der Waals surface area contributed by atoms with Gasteiger partial charge in [0.2, 0.25) is 0 Å². The van der Waals surface area contributed by atoms with Gasteiger partial charge in [-0.1, -0.05) is 52.2 Å². The normalized spacial score (nSPS) is 15.8. The van der Waals surface area contributed by atoms with Crippen molar-refractivity contribution in [1.29, 1.82) is 0 Å². The van der Waals surface area contributed by atoms with E-state index in [2.05, 4.69) is 57.1 Å². The highest BCUT2D eigenvalue weighted by molar-refractivity contribution is 5.86. The largest absolute Gasteiger partial charge is 0.298 e. The molecule has 0 spiro atoms. The van der Waals surface area contributed by atoms with Crippen molar-refractivity contribution in [3.63, 3.8) is 0 Å². The second kappa shape index (κ2) is 9.64. The van der Waals surface area contributed by atoms with Gasteiger partial charge in [-0.05, 0) is 51.3 Å². The number of allylic oxidation sites excluding steroid dienone is 3. The van der Waals surface area contributed by atoms with Crippen LogP contribution in [0.2, 0.25) is 0 Å². The van der Waals surface area contributed by atoms with Crippen LogP contribution < -0.4 is 0 Å². The molecule has 0 bridgehead atoms. The van der Waals surface area contributed by atoms with E-state index in [9.17, 15) is 4.79 Å². The molecule has 0 aliphatic heterocycles. The predicted octanol–water partition coefficient (Wildman–Crippen LogP) is 4.33. The van der Waals surface area contributed by atoms with Crippen LogP contribution in [0.5, 0.6) is 0 Å². The Bertz CT molecular complexity index is 462. The molecule has 0 aliphatic carbocycles. The van der Waals surface area contributed by atoms with Crippen LogP contribution in [0.4, 0.5) is 0 Å². The molecule has 3 atom stereocenters. The second-order valence-corrected chi connectivity index (χ2v) is 6.89. The zero-order valence-corrected chi connectivity index (χ0v) is 15.6. The number of likely N-dealkylation sites (N-methyl/N-ethyl adjacent to an activating group) is 1. The van der Waals surface area contributed by atoms with Gasteiger partial charge in [-0.3, -0.25) is 9.69 Å². The smallest absolute Gasteiger partial charge is 0.152 e. The molecular formula is C20H33NO. The molecule has 0 aliphatic rings. The maximum absolute atomic E-state index is 12.6. The van der Waals surface area contributed by atoms with Gasteiger partial charge in [0.05, 0.1) is 6.04 Å². The first-order chi connectivity index (χ1) is 10.1. The molecule has 0 unspecified atom stereocenters. The van der Waals surface area contributed by atoms with E-state index >= 15 is 0 Å². The highest BCUT2D eigenvalue weighted by atomic mass is 16.1. The predicted molar refractivity (Wildman–Crippen MR) is 96.6 cm³/mol. The maximum atomic E-state index is 12.6. The third-order valence-corrected chi connectivity index (χ3v) is 4.21. The van der Waals surface area contributed by atoms with Gasteiger partial charge in [0.15, 0.2) is 5.78 Å². The minimum atomic E-state index is -0.0613. The first kappa shape index (κ1) is 20.7. The first-order valence-electron chi connectivity index (χ1n) is 8.18. The van der Waals surface area contributed by atoms with Crippen LogP contribution in [0.3, 0.4) is 0 Å². The third-order valence-electron chi connectivity index (χ3n) is 4.21. The number of hydrogen-bond acceptors (Lipinski definition) is 2. The number of nitrogens with zero attached hydrogens (tertiary/aromatic N) is 1. The highest BCUT2D eigenvalue weighted by Crippen LogP contribution is 2.24. The van der Waals surface area contributed by atoms with Crippen molar-refractivity contribution in [2.75, 3.05) is 7.05 Å². The summed E-state index contributed by atoms with van der Waals surface area (Å²) in [5.74, 6) is 6.82. The molecule has 2 heteroatoms. The first-order valence-corrected chi connectivity index (χ1v) is 8.18. The fourth-order valence-electron chi connectivity index (χ4n) is 2.32. The molecule has 0 rings (SSSR count). The molecule has 0 amide bonds. The van der Waals surface area contributed by atoms with E-state index in [0.717, 1.165) is 5.57 Å². The number of carbonyl (C=O) groups is 1. The van der Waals surface area contributed by atoms with Crippen molar-refractivity contribution in [1.82, 2.24) is 4.90 Å². The molecular weight excluding hydrogens is 270 g/mol. The Labute approximate surface area is 137 Å². The van der Waals surface area contributed by atoms with Crippen LogP contribution in [0.25, 0.3) is 0 Å². The lowest BCUT2D eigenvalue weighted by molar-refractivity contribution is -0.129. The third kappa shape index (κ3) is 6.62. The van der Waals surface area contributed by atoms with Gasteiger partial charge in [-0.15, -0.1) is 0 Å². The summed E-state index contributed by atoms with van der Waals surface area (Å²) in [5.41, 5.74) is 0.859. The van der Waals surface area contributed by atoms with E-state index in [1.807, 2.05) is 33.9 Å². The highest BCUT2D eigenvalue weighted by Gasteiger charge is 2.33. The maximum Gasteiger partial charge on any atom is 0.152 e. The van der Waals surface area contributed by atoms with Crippen LogP contribution in [-0.2, 0) is 4.79 Å². The van der Waals surface area contributed by atoms with Crippen molar-refractivity contribution in [3.8, 4) is 11.8 Å². The molecule has 0 heterocycles. The second-order valence-electron chi connectivity index (χ2n) is 6.89. The standard InChI is InChI=1S/C20H33NO/c1-14(2)12-10-11-13-17(7)18(8)19(20(22)15(3)4)21(9)16(5)6/h11,13,15-19H,1H2,2-9H3/b13-11-/t17-,18-,19+/m1/s1. The van der Waals surface area contributed by atoms with Gasteiger partial charge in [0.25, 0.3) is 0 Å². The van der Waals surface area contributed by atoms with E-state index < -0.39 is 0 Å².